The highest BCUT2D eigenvalue weighted by Gasteiger charge is 2.33. The van der Waals surface area contributed by atoms with E-state index < -0.39 is 12.5 Å². The SMILES string of the molecule is Cn1c2ccncc2c2ccc(-c3ccc(C(F)(F)COCCCCCOCCCCCCOCc4ccccc4)nc3)cc21. The highest BCUT2D eigenvalue weighted by molar-refractivity contribution is 6.08. The average Bonchev–Trinajstić information content (AvgIpc) is 3.36. The van der Waals surface area contributed by atoms with Gasteiger partial charge in [-0.2, -0.15) is 8.78 Å². The predicted molar refractivity (Wildman–Crippen MR) is 175 cm³/mol. The van der Waals surface area contributed by atoms with Crippen molar-refractivity contribution >= 4 is 21.8 Å². The highest BCUT2D eigenvalue weighted by atomic mass is 19.3. The van der Waals surface area contributed by atoms with E-state index in [0.717, 1.165) is 91.1 Å². The number of nitrogens with zero attached hydrogens (tertiary/aromatic N) is 3. The third-order valence-corrected chi connectivity index (χ3v) is 8.08. The van der Waals surface area contributed by atoms with Crippen LogP contribution in [0, 0.1) is 0 Å². The molecule has 0 atom stereocenters. The predicted octanol–water partition coefficient (Wildman–Crippen LogP) is 8.86. The molecule has 0 N–H and O–H groups in total. The van der Waals surface area contributed by atoms with E-state index in [1.807, 2.05) is 49.6 Å². The Kier molecular flexibility index (Phi) is 12.0. The van der Waals surface area contributed by atoms with Gasteiger partial charge in [-0.1, -0.05) is 61.4 Å². The molecule has 45 heavy (non-hydrogen) atoms. The molecule has 6 nitrogen and oxygen atoms in total. The minimum absolute atomic E-state index is 0.281. The first-order valence-electron chi connectivity index (χ1n) is 16.0. The van der Waals surface area contributed by atoms with Gasteiger partial charge in [0.1, 0.15) is 12.3 Å². The molecule has 2 aromatic carbocycles. The first-order chi connectivity index (χ1) is 22.0. The van der Waals surface area contributed by atoms with Crippen LogP contribution in [0.15, 0.2) is 85.3 Å². The fourth-order valence-corrected chi connectivity index (χ4v) is 5.50. The van der Waals surface area contributed by atoms with Crippen LogP contribution in [0.5, 0.6) is 0 Å². The molecule has 0 saturated heterocycles. The molecule has 0 unspecified atom stereocenters. The zero-order chi connectivity index (χ0) is 31.3. The summed E-state index contributed by atoms with van der Waals surface area (Å²) < 4.78 is 48.4. The number of ether oxygens (including phenoxy) is 3. The fourth-order valence-electron chi connectivity index (χ4n) is 5.50. The molecule has 0 bridgehead atoms. The number of aryl methyl sites for hydroxylation is 1. The standard InChI is InChI=1S/C37H43F2N3O3/c1-42-34-18-19-40-26-33(34)32-16-14-30(24-35(32)42)31-15-17-36(41-25-31)37(38,39)28-45-23-11-5-10-21-43-20-8-2-3-9-22-44-27-29-12-6-4-7-13-29/h4,6-7,12-19,24-26H,2-3,5,8-11,20-23,27-28H2,1H3. The van der Waals surface area contributed by atoms with Gasteiger partial charge in [0.15, 0.2) is 0 Å². The molecular formula is C37H43F2N3O3. The van der Waals surface area contributed by atoms with E-state index in [1.165, 1.54) is 17.8 Å². The van der Waals surface area contributed by atoms with Gasteiger partial charge in [0.25, 0.3) is 0 Å². The van der Waals surface area contributed by atoms with Crippen LogP contribution in [-0.2, 0) is 33.8 Å². The summed E-state index contributed by atoms with van der Waals surface area (Å²) in [7, 11) is 2.01. The first-order valence-corrected chi connectivity index (χ1v) is 16.0. The van der Waals surface area contributed by atoms with Crippen LogP contribution >= 0.6 is 0 Å². The second kappa shape index (κ2) is 16.5. The van der Waals surface area contributed by atoms with Crippen LogP contribution in [0.2, 0.25) is 0 Å². The number of rotatable bonds is 19. The number of hydrogen-bond donors (Lipinski definition) is 0. The van der Waals surface area contributed by atoms with Crippen molar-refractivity contribution in [1.82, 2.24) is 14.5 Å². The van der Waals surface area contributed by atoms with Crippen molar-refractivity contribution < 1.29 is 23.0 Å². The number of aromatic nitrogens is 3. The summed E-state index contributed by atoms with van der Waals surface area (Å²) >= 11 is 0. The van der Waals surface area contributed by atoms with Gasteiger partial charge < -0.3 is 18.8 Å². The lowest BCUT2D eigenvalue weighted by molar-refractivity contribution is -0.0862. The van der Waals surface area contributed by atoms with Crippen LogP contribution in [0.3, 0.4) is 0 Å². The van der Waals surface area contributed by atoms with Gasteiger partial charge >= 0.3 is 5.92 Å². The summed E-state index contributed by atoms with van der Waals surface area (Å²) in [6.45, 7) is 2.53. The van der Waals surface area contributed by atoms with Gasteiger partial charge in [-0.25, -0.2) is 0 Å². The molecule has 0 aliphatic carbocycles. The van der Waals surface area contributed by atoms with Crippen molar-refractivity contribution in [3.05, 3.63) is 96.6 Å². The van der Waals surface area contributed by atoms with Crippen molar-refractivity contribution in [2.45, 2.75) is 57.5 Å². The van der Waals surface area contributed by atoms with Crippen LogP contribution in [-0.4, -0.2) is 47.6 Å². The van der Waals surface area contributed by atoms with Gasteiger partial charge in [0, 0.05) is 73.9 Å². The largest absolute Gasteiger partial charge is 0.381 e. The van der Waals surface area contributed by atoms with Crippen molar-refractivity contribution in [3.8, 4) is 11.1 Å². The molecule has 5 rings (SSSR count). The van der Waals surface area contributed by atoms with E-state index in [0.29, 0.717) is 19.8 Å². The summed E-state index contributed by atoms with van der Waals surface area (Å²) in [6, 6.07) is 21.4. The number of pyridine rings is 2. The molecule has 3 aromatic heterocycles. The topological polar surface area (TPSA) is 58.4 Å². The summed E-state index contributed by atoms with van der Waals surface area (Å²) in [5, 5.41) is 2.19. The average molecular weight is 616 g/mol. The Morgan fingerprint density at radius 1 is 0.667 bits per heavy atom. The van der Waals surface area contributed by atoms with Gasteiger partial charge in [-0.05, 0) is 61.4 Å². The van der Waals surface area contributed by atoms with Crippen molar-refractivity contribution in [1.29, 1.82) is 0 Å². The number of halogens is 2. The van der Waals surface area contributed by atoms with E-state index in [1.54, 1.807) is 12.3 Å². The molecule has 238 valence electrons. The van der Waals surface area contributed by atoms with Crippen molar-refractivity contribution in [2.75, 3.05) is 33.0 Å². The lowest BCUT2D eigenvalue weighted by Crippen LogP contribution is -2.22. The summed E-state index contributed by atoms with van der Waals surface area (Å²) in [4.78, 5) is 8.35. The van der Waals surface area contributed by atoms with Crippen molar-refractivity contribution in [3.63, 3.8) is 0 Å². The Labute approximate surface area is 264 Å². The molecule has 0 saturated carbocycles. The number of alkyl halides is 2. The number of unbranched alkanes of at least 4 members (excludes halogenated alkanes) is 5. The van der Waals surface area contributed by atoms with E-state index in [4.69, 9.17) is 14.2 Å². The fraction of sp³-hybridized carbons (Fsp3) is 0.405. The lowest BCUT2D eigenvalue weighted by atomic mass is 10.0. The monoisotopic (exact) mass is 615 g/mol. The minimum Gasteiger partial charge on any atom is -0.381 e. The van der Waals surface area contributed by atoms with Gasteiger partial charge in [0.2, 0.25) is 0 Å². The maximum absolute atomic E-state index is 14.8. The molecule has 0 aliphatic rings. The molecule has 8 heteroatoms. The molecule has 0 radical (unpaired) electrons. The van der Waals surface area contributed by atoms with Crippen LogP contribution < -0.4 is 0 Å². The van der Waals surface area contributed by atoms with Gasteiger partial charge in [-0.3, -0.25) is 9.97 Å². The van der Waals surface area contributed by atoms with E-state index in [-0.39, 0.29) is 5.69 Å². The molecule has 0 amide bonds. The highest BCUT2D eigenvalue weighted by Crippen LogP contribution is 2.32. The molecule has 0 fully saturated rings. The number of fused-ring (bicyclic) bond motifs is 3. The van der Waals surface area contributed by atoms with Gasteiger partial charge in [-0.15, -0.1) is 0 Å². The van der Waals surface area contributed by atoms with Crippen LogP contribution in [0.25, 0.3) is 32.9 Å². The Balaban J connectivity index is 0.916. The smallest absolute Gasteiger partial charge is 0.312 e. The van der Waals surface area contributed by atoms with Crippen LogP contribution in [0.1, 0.15) is 56.2 Å². The third-order valence-electron chi connectivity index (χ3n) is 8.08. The Morgan fingerprint density at radius 2 is 1.36 bits per heavy atom. The molecule has 3 heterocycles. The lowest BCUT2D eigenvalue weighted by Gasteiger charge is -2.16. The minimum atomic E-state index is -3.15. The Morgan fingerprint density at radius 3 is 2.09 bits per heavy atom. The third kappa shape index (κ3) is 9.16. The number of benzene rings is 2. The Bertz CT molecular complexity index is 1610. The number of hydrogen-bond acceptors (Lipinski definition) is 5. The normalized spacial score (nSPS) is 12.0. The quantitative estimate of drug-likeness (QED) is 0.0869. The molecule has 0 spiro atoms. The second-order valence-electron chi connectivity index (χ2n) is 11.5. The zero-order valence-electron chi connectivity index (χ0n) is 26.1. The van der Waals surface area contributed by atoms with Crippen molar-refractivity contribution in [2.24, 2.45) is 7.05 Å². The van der Waals surface area contributed by atoms with E-state index >= 15 is 0 Å². The maximum Gasteiger partial charge on any atom is 0.312 e. The van der Waals surface area contributed by atoms with E-state index in [2.05, 4.69) is 32.7 Å². The van der Waals surface area contributed by atoms with E-state index in [9.17, 15) is 8.78 Å². The summed E-state index contributed by atoms with van der Waals surface area (Å²) in [5.74, 6) is -3.15. The second-order valence-corrected chi connectivity index (χ2v) is 11.5. The van der Waals surface area contributed by atoms with Crippen LogP contribution in [0.4, 0.5) is 8.78 Å². The molecule has 5 aromatic rings. The molecular weight excluding hydrogens is 572 g/mol. The maximum atomic E-state index is 14.8. The van der Waals surface area contributed by atoms with Gasteiger partial charge in [0.05, 0.1) is 12.1 Å². The first kappa shape index (κ1) is 32.7. The summed E-state index contributed by atoms with van der Waals surface area (Å²) in [5.41, 5.74) is 4.78. The Hall–Kier alpha value is -3.72. The molecule has 0 aliphatic heterocycles. The zero-order valence-corrected chi connectivity index (χ0v) is 26.1. The summed E-state index contributed by atoms with van der Waals surface area (Å²) in [6.07, 6.45) is 12.0.